The molecular weight excluding hydrogens is 626 g/mol. The predicted octanol–water partition coefficient (Wildman–Crippen LogP) is 8.23. The van der Waals surface area contributed by atoms with E-state index in [0.717, 1.165) is 76.2 Å². The number of benzene rings is 3. The fraction of sp³-hybridized carbons (Fsp3) is 0.463. The van der Waals surface area contributed by atoms with E-state index in [2.05, 4.69) is 57.7 Å². The van der Waals surface area contributed by atoms with Gasteiger partial charge in [-0.2, -0.15) is 0 Å². The third kappa shape index (κ3) is 5.19. The number of rotatable bonds is 6. The highest BCUT2D eigenvalue weighted by atomic mass is 16.5. The van der Waals surface area contributed by atoms with Crippen LogP contribution in [-0.4, -0.2) is 57.8 Å². The first-order valence-electron chi connectivity index (χ1n) is 18.5. The molecule has 9 heteroatoms. The monoisotopic (exact) mass is 671 g/mol. The van der Waals surface area contributed by atoms with Gasteiger partial charge in [0.1, 0.15) is 24.2 Å². The summed E-state index contributed by atoms with van der Waals surface area (Å²) in [6.45, 7) is 4.45. The Kier molecular flexibility index (Phi) is 7.70. The van der Waals surface area contributed by atoms with Crippen LogP contribution in [0.4, 0.5) is 10.5 Å². The van der Waals surface area contributed by atoms with Gasteiger partial charge in [-0.1, -0.05) is 51.3 Å². The SMILES string of the molecule is COC(=O)NC(C(=O)N1[C@H](C2=Nc3ccc4cc5c(cc4c3C2)OCc2cc(-c3cnc(C4CCCC4)[nH]3)ccc2-5)C[C@@H]2CCC[C@@H]21)C(C)C. The van der Waals surface area contributed by atoms with E-state index in [4.69, 9.17) is 19.5 Å². The van der Waals surface area contributed by atoms with Gasteiger partial charge in [0, 0.05) is 29.7 Å². The lowest BCUT2D eigenvalue weighted by molar-refractivity contribution is -0.136. The number of imidazole rings is 1. The average molecular weight is 672 g/mol. The van der Waals surface area contributed by atoms with Gasteiger partial charge in [0.2, 0.25) is 5.91 Å². The number of aliphatic imine (C=N–C) groups is 1. The van der Waals surface area contributed by atoms with Gasteiger partial charge >= 0.3 is 6.09 Å². The zero-order valence-corrected chi connectivity index (χ0v) is 29.1. The first-order valence-corrected chi connectivity index (χ1v) is 18.5. The van der Waals surface area contributed by atoms with E-state index < -0.39 is 12.1 Å². The van der Waals surface area contributed by atoms with Crippen LogP contribution in [0.15, 0.2) is 53.7 Å². The Hall–Kier alpha value is -4.66. The van der Waals surface area contributed by atoms with Gasteiger partial charge in [-0.3, -0.25) is 9.79 Å². The second kappa shape index (κ2) is 12.3. The summed E-state index contributed by atoms with van der Waals surface area (Å²) >= 11 is 0. The number of hydrogen-bond acceptors (Lipinski definition) is 6. The smallest absolute Gasteiger partial charge is 0.407 e. The molecule has 2 aliphatic carbocycles. The van der Waals surface area contributed by atoms with Crippen molar-refractivity contribution < 1.29 is 19.1 Å². The van der Waals surface area contributed by atoms with E-state index in [0.29, 0.717) is 24.9 Å². The summed E-state index contributed by atoms with van der Waals surface area (Å²) in [6, 6.07) is 14.9. The number of ether oxygens (including phenoxy) is 2. The minimum Gasteiger partial charge on any atom is -0.488 e. The van der Waals surface area contributed by atoms with Crippen molar-refractivity contribution in [2.75, 3.05) is 7.11 Å². The van der Waals surface area contributed by atoms with E-state index >= 15 is 0 Å². The number of fused-ring (bicyclic) bond motifs is 7. The fourth-order valence-corrected chi connectivity index (χ4v) is 9.54. The van der Waals surface area contributed by atoms with Gasteiger partial charge in [0.05, 0.1) is 30.7 Å². The number of aromatic amines is 1. The number of H-pyrrole nitrogens is 1. The molecule has 3 fully saturated rings. The fourth-order valence-electron chi connectivity index (χ4n) is 9.54. The standard InChI is InChI=1S/C41H45N5O4/c1-22(2)38(45-41(48)49-3)40(47)46-35-10-6-9-26(35)17-36(46)33-18-30-29-19-37-31(16-24(29)12-14-32(30)43-33)28-13-11-25(15-27(28)21-50-37)34-20-42-39(44-34)23-7-4-5-8-23/h11-16,19-20,22-23,26,35-36,38H,4-10,17-18,21H2,1-3H3,(H,42,44)(H,45,48)/t26-,35-,36-,38?/m0/s1. The van der Waals surface area contributed by atoms with E-state index in [-0.39, 0.29) is 23.9 Å². The Morgan fingerprint density at radius 2 is 1.88 bits per heavy atom. The number of carbonyl (C=O) groups is 2. The van der Waals surface area contributed by atoms with Crippen LogP contribution in [0.5, 0.6) is 5.75 Å². The Bertz CT molecular complexity index is 2040. The molecule has 2 saturated carbocycles. The molecule has 1 unspecified atom stereocenters. The number of nitrogens with zero attached hydrogens (tertiary/aromatic N) is 3. The van der Waals surface area contributed by atoms with Gasteiger partial charge in [0.15, 0.2) is 0 Å². The van der Waals surface area contributed by atoms with Gasteiger partial charge in [-0.15, -0.1) is 0 Å². The molecule has 4 aromatic rings. The van der Waals surface area contributed by atoms with Crippen LogP contribution in [0.2, 0.25) is 0 Å². The molecule has 258 valence electrons. The Morgan fingerprint density at radius 3 is 2.70 bits per heavy atom. The lowest BCUT2D eigenvalue weighted by atomic mass is 9.90. The highest BCUT2D eigenvalue weighted by molar-refractivity contribution is 6.06. The molecule has 4 heterocycles. The zero-order valence-electron chi connectivity index (χ0n) is 29.1. The highest BCUT2D eigenvalue weighted by Crippen LogP contribution is 2.47. The quantitative estimate of drug-likeness (QED) is 0.215. The van der Waals surface area contributed by atoms with Crippen LogP contribution < -0.4 is 10.1 Å². The van der Waals surface area contributed by atoms with Crippen molar-refractivity contribution in [2.24, 2.45) is 16.8 Å². The van der Waals surface area contributed by atoms with Crippen molar-refractivity contribution in [1.82, 2.24) is 20.2 Å². The summed E-state index contributed by atoms with van der Waals surface area (Å²) < 4.78 is 11.3. The third-order valence-electron chi connectivity index (χ3n) is 12.1. The normalized spacial score (nSPS) is 22.9. The van der Waals surface area contributed by atoms with Crippen molar-refractivity contribution in [1.29, 1.82) is 0 Å². The topological polar surface area (TPSA) is 109 Å². The molecule has 9 rings (SSSR count). The minimum atomic E-state index is -0.647. The maximum atomic E-state index is 14.2. The lowest BCUT2D eigenvalue weighted by Crippen LogP contribution is -2.56. The Morgan fingerprint density at radius 1 is 1.02 bits per heavy atom. The Labute approximate surface area is 292 Å². The second-order valence-corrected chi connectivity index (χ2v) is 15.3. The molecule has 1 aromatic heterocycles. The van der Waals surface area contributed by atoms with Crippen LogP contribution in [0, 0.1) is 11.8 Å². The van der Waals surface area contributed by atoms with E-state index in [1.807, 2.05) is 20.0 Å². The summed E-state index contributed by atoms with van der Waals surface area (Å²) in [5.41, 5.74) is 8.91. The first kappa shape index (κ1) is 31.3. The molecule has 0 bridgehead atoms. The maximum Gasteiger partial charge on any atom is 0.407 e. The number of methoxy groups -OCH3 is 1. The summed E-state index contributed by atoms with van der Waals surface area (Å²) in [7, 11) is 1.34. The number of nitrogens with one attached hydrogen (secondary N) is 2. The van der Waals surface area contributed by atoms with Crippen LogP contribution in [0.3, 0.4) is 0 Å². The molecule has 0 radical (unpaired) electrons. The Balaban J connectivity index is 0.995. The van der Waals surface area contributed by atoms with E-state index in [9.17, 15) is 9.59 Å². The molecule has 3 aliphatic heterocycles. The summed E-state index contributed by atoms with van der Waals surface area (Å²) in [6.07, 6.45) is 11.3. The van der Waals surface area contributed by atoms with Crippen LogP contribution in [-0.2, 0) is 22.6 Å². The van der Waals surface area contributed by atoms with Gasteiger partial charge < -0.3 is 24.7 Å². The second-order valence-electron chi connectivity index (χ2n) is 15.3. The van der Waals surface area contributed by atoms with E-state index in [1.165, 1.54) is 49.5 Å². The largest absolute Gasteiger partial charge is 0.488 e. The molecule has 1 saturated heterocycles. The van der Waals surface area contributed by atoms with Crippen LogP contribution >= 0.6 is 0 Å². The molecule has 2 N–H and O–H groups in total. The number of aromatic nitrogens is 2. The first-order chi connectivity index (χ1) is 24.4. The number of hydrogen-bond donors (Lipinski definition) is 2. The summed E-state index contributed by atoms with van der Waals surface area (Å²) in [4.78, 5) is 42.1. The number of amides is 2. The maximum absolute atomic E-state index is 14.2. The molecular formula is C41H45N5O4. The number of likely N-dealkylation sites (tertiary alicyclic amines) is 1. The van der Waals surface area contributed by atoms with Gasteiger partial charge in [0.25, 0.3) is 0 Å². The van der Waals surface area contributed by atoms with Crippen LogP contribution in [0.1, 0.15) is 88.1 Å². The van der Waals surface area contributed by atoms with E-state index in [1.54, 1.807) is 0 Å². The predicted molar refractivity (Wildman–Crippen MR) is 194 cm³/mol. The zero-order chi connectivity index (χ0) is 34.1. The average Bonchev–Trinajstić information content (AvgIpc) is 3.96. The third-order valence-corrected chi connectivity index (χ3v) is 12.1. The highest BCUT2D eigenvalue weighted by Gasteiger charge is 2.50. The molecule has 50 heavy (non-hydrogen) atoms. The molecule has 0 spiro atoms. The lowest BCUT2D eigenvalue weighted by Gasteiger charge is -2.34. The van der Waals surface area contributed by atoms with Crippen molar-refractivity contribution in [3.05, 3.63) is 65.6 Å². The van der Waals surface area contributed by atoms with Crippen molar-refractivity contribution in [3.63, 3.8) is 0 Å². The molecule has 3 aromatic carbocycles. The molecule has 4 atom stereocenters. The molecule has 5 aliphatic rings. The molecule has 2 amide bonds. The van der Waals surface area contributed by atoms with Crippen molar-refractivity contribution >= 4 is 34.2 Å². The van der Waals surface area contributed by atoms with Crippen molar-refractivity contribution in [3.8, 4) is 28.1 Å². The van der Waals surface area contributed by atoms with Gasteiger partial charge in [-0.05, 0) is 101 Å². The van der Waals surface area contributed by atoms with Crippen LogP contribution in [0.25, 0.3) is 33.2 Å². The minimum absolute atomic E-state index is 0.0283. The number of carbonyl (C=O) groups excluding carboxylic acids is 2. The summed E-state index contributed by atoms with van der Waals surface area (Å²) in [5, 5.41) is 5.14. The van der Waals surface area contributed by atoms with Crippen molar-refractivity contribution in [2.45, 2.75) is 102 Å². The summed E-state index contributed by atoms with van der Waals surface area (Å²) in [5.74, 6) is 2.93. The molecule has 9 nitrogen and oxygen atoms in total. The van der Waals surface area contributed by atoms with Gasteiger partial charge in [-0.25, -0.2) is 9.78 Å². The number of alkyl carbamates (subject to hydrolysis) is 1.